The van der Waals surface area contributed by atoms with Crippen LogP contribution in [0.15, 0.2) is 53.8 Å². The minimum absolute atomic E-state index is 0.0496. The summed E-state index contributed by atoms with van der Waals surface area (Å²) in [5.41, 5.74) is 1.20. The maximum absolute atomic E-state index is 11.6. The fourth-order valence-electron chi connectivity index (χ4n) is 2.77. The second kappa shape index (κ2) is 10.4. The minimum atomic E-state index is -0.0496. The van der Waals surface area contributed by atoms with Gasteiger partial charge < -0.3 is 25.3 Å². The Morgan fingerprint density at radius 3 is 2.54 bits per heavy atom. The van der Waals surface area contributed by atoms with Crippen LogP contribution in [0.4, 0.5) is 0 Å². The van der Waals surface area contributed by atoms with Gasteiger partial charge >= 0.3 is 0 Å². The first-order valence-electron chi connectivity index (χ1n) is 9.79. The Kier molecular flexibility index (Phi) is 7.35. The molecule has 1 heterocycles. The zero-order chi connectivity index (χ0) is 19.6. The Balaban J connectivity index is 1.31. The number of carbonyl (C=O) groups excluding carboxylic acids is 1. The average molecular weight is 383 g/mol. The number of hydrogen-bond donors (Lipinski definition) is 3. The lowest BCUT2D eigenvalue weighted by Gasteiger charge is -2.12. The van der Waals surface area contributed by atoms with E-state index in [-0.39, 0.29) is 12.5 Å². The van der Waals surface area contributed by atoms with Crippen molar-refractivity contribution < 1.29 is 9.53 Å². The molecule has 7 nitrogen and oxygen atoms in total. The van der Waals surface area contributed by atoms with Crippen molar-refractivity contribution in [1.29, 1.82) is 0 Å². The quantitative estimate of drug-likeness (QED) is 0.430. The lowest BCUT2D eigenvalue weighted by molar-refractivity contribution is -0.123. The molecule has 1 aromatic carbocycles. The molecule has 0 spiro atoms. The third-order valence-electron chi connectivity index (χ3n) is 4.49. The van der Waals surface area contributed by atoms with Crippen molar-refractivity contribution in [3.05, 3.63) is 54.4 Å². The molecule has 3 rings (SSSR count). The van der Waals surface area contributed by atoms with E-state index in [9.17, 15) is 4.79 Å². The first kappa shape index (κ1) is 19.8. The molecule has 1 aromatic heterocycles. The molecule has 0 saturated heterocycles. The molecule has 7 heteroatoms. The second-order valence-corrected chi connectivity index (χ2v) is 6.87. The summed E-state index contributed by atoms with van der Waals surface area (Å²) in [7, 11) is 1.77. The SMILES string of the molecule is CN=C(NCCc1ccc(OCC(=O)NC2CC2)cc1)NCCn1cccc1. The van der Waals surface area contributed by atoms with Crippen molar-refractivity contribution in [2.75, 3.05) is 26.7 Å². The van der Waals surface area contributed by atoms with Crippen molar-refractivity contribution in [2.45, 2.75) is 31.8 Å². The van der Waals surface area contributed by atoms with Crippen molar-refractivity contribution in [1.82, 2.24) is 20.5 Å². The summed E-state index contributed by atoms with van der Waals surface area (Å²) in [6, 6.07) is 12.3. The summed E-state index contributed by atoms with van der Waals surface area (Å²) >= 11 is 0. The van der Waals surface area contributed by atoms with Gasteiger partial charge in [-0.3, -0.25) is 9.79 Å². The number of nitrogens with one attached hydrogen (secondary N) is 3. The van der Waals surface area contributed by atoms with Crippen LogP contribution in [0.1, 0.15) is 18.4 Å². The van der Waals surface area contributed by atoms with Gasteiger partial charge in [0.1, 0.15) is 5.75 Å². The average Bonchev–Trinajstić information content (AvgIpc) is 3.37. The number of benzene rings is 1. The monoisotopic (exact) mass is 383 g/mol. The number of amides is 1. The molecular weight excluding hydrogens is 354 g/mol. The molecular formula is C21H29N5O2. The Morgan fingerprint density at radius 1 is 1.14 bits per heavy atom. The lowest BCUT2D eigenvalue weighted by Crippen LogP contribution is -2.39. The third kappa shape index (κ3) is 6.98. The van der Waals surface area contributed by atoms with E-state index in [1.165, 1.54) is 5.56 Å². The molecule has 150 valence electrons. The van der Waals surface area contributed by atoms with Gasteiger partial charge in [0.2, 0.25) is 0 Å². The lowest BCUT2D eigenvalue weighted by atomic mass is 10.1. The van der Waals surface area contributed by atoms with Crippen LogP contribution in [-0.4, -0.2) is 49.2 Å². The first-order valence-corrected chi connectivity index (χ1v) is 9.79. The molecule has 0 atom stereocenters. The molecule has 1 amide bonds. The molecule has 1 saturated carbocycles. The normalized spacial score (nSPS) is 13.8. The Bertz CT molecular complexity index is 752. The standard InChI is InChI=1S/C21H29N5O2/c1-22-21(24-12-15-26-13-2-3-14-26)23-11-10-17-4-8-19(9-5-17)28-16-20(27)25-18-6-7-18/h2-5,8-9,13-14,18H,6-7,10-12,15-16H2,1H3,(H,25,27)(H2,22,23,24). The smallest absolute Gasteiger partial charge is 0.258 e. The fraction of sp³-hybridized carbons (Fsp3) is 0.429. The second-order valence-electron chi connectivity index (χ2n) is 6.87. The van der Waals surface area contributed by atoms with Crippen molar-refractivity contribution in [3.63, 3.8) is 0 Å². The van der Waals surface area contributed by atoms with Crippen LogP contribution in [0.3, 0.4) is 0 Å². The number of nitrogens with zero attached hydrogens (tertiary/aromatic N) is 2. The largest absolute Gasteiger partial charge is 0.484 e. The fourth-order valence-corrected chi connectivity index (χ4v) is 2.77. The van der Waals surface area contributed by atoms with Crippen molar-refractivity contribution in [2.24, 2.45) is 4.99 Å². The predicted molar refractivity (Wildman–Crippen MR) is 111 cm³/mol. The molecule has 1 aliphatic carbocycles. The van der Waals surface area contributed by atoms with Gasteiger partial charge in [0.05, 0.1) is 0 Å². The Hall–Kier alpha value is -2.96. The van der Waals surface area contributed by atoms with Gasteiger partial charge in [-0.15, -0.1) is 0 Å². The summed E-state index contributed by atoms with van der Waals surface area (Å²) < 4.78 is 7.65. The summed E-state index contributed by atoms with van der Waals surface area (Å²) in [5, 5.41) is 9.54. The van der Waals surface area contributed by atoms with Gasteiger partial charge in [0.15, 0.2) is 12.6 Å². The van der Waals surface area contributed by atoms with E-state index >= 15 is 0 Å². The number of hydrogen-bond acceptors (Lipinski definition) is 3. The summed E-state index contributed by atoms with van der Waals surface area (Å²) in [6.07, 6.45) is 7.14. The molecule has 1 fully saturated rings. The minimum Gasteiger partial charge on any atom is -0.484 e. The molecule has 28 heavy (non-hydrogen) atoms. The van der Waals surface area contributed by atoms with E-state index in [1.54, 1.807) is 7.05 Å². The van der Waals surface area contributed by atoms with E-state index in [4.69, 9.17) is 4.74 Å². The van der Waals surface area contributed by atoms with E-state index < -0.39 is 0 Å². The van der Waals surface area contributed by atoms with Crippen molar-refractivity contribution in [3.8, 4) is 5.75 Å². The first-order chi connectivity index (χ1) is 13.7. The molecule has 0 radical (unpaired) electrons. The summed E-state index contributed by atoms with van der Waals surface area (Å²) in [6.45, 7) is 2.57. The topological polar surface area (TPSA) is 79.7 Å². The number of carbonyl (C=O) groups is 1. The third-order valence-corrected chi connectivity index (χ3v) is 4.49. The predicted octanol–water partition coefficient (Wildman–Crippen LogP) is 1.55. The number of guanidine groups is 1. The maximum Gasteiger partial charge on any atom is 0.258 e. The molecule has 2 aromatic rings. The van der Waals surface area contributed by atoms with E-state index in [0.29, 0.717) is 11.8 Å². The molecule has 1 aliphatic rings. The highest BCUT2D eigenvalue weighted by molar-refractivity contribution is 5.79. The van der Waals surface area contributed by atoms with Gasteiger partial charge in [-0.1, -0.05) is 12.1 Å². The molecule has 3 N–H and O–H groups in total. The van der Waals surface area contributed by atoms with Gasteiger partial charge in [0.25, 0.3) is 5.91 Å². The van der Waals surface area contributed by atoms with Crippen LogP contribution in [0, 0.1) is 0 Å². The maximum atomic E-state index is 11.6. The van der Waals surface area contributed by atoms with E-state index in [0.717, 1.165) is 44.9 Å². The van der Waals surface area contributed by atoms with Gasteiger partial charge in [0, 0.05) is 45.1 Å². The van der Waals surface area contributed by atoms with Crippen LogP contribution < -0.4 is 20.7 Å². The number of ether oxygens (including phenoxy) is 1. The highest BCUT2D eigenvalue weighted by atomic mass is 16.5. The van der Waals surface area contributed by atoms with Crippen LogP contribution in [0.25, 0.3) is 0 Å². The van der Waals surface area contributed by atoms with Crippen molar-refractivity contribution >= 4 is 11.9 Å². The molecule has 0 bridgehead atoms. The van der Waals surface area contributed by atoms with E-state index in [1.807, 2.05) is 48.8 Å². The van der Waals surface area contributed by atoms with Crippen LogP contribution in [0.2, 0.25) is 0 Å². The van der Waals surface area contributed by atoms with Gasteiger partial charge in [-0.25, -0.2) is 0 Å². The zero-order valence-electron chi connectivity index (χ0n) is 16.4. The highest BCUT2D eigenvalue weighted by Gasteiger charge is 2.23. The molecule has 0 aliphatic heterocycles. The van der Waals surface area contributed by atoms with Crippen LogP contribution in [-0.2, 0) is 17.8 Å². The van der Waals surface area contributed by atoms with Crippen LogP contribution in [0.5, 0.6) is 5.75 Å². The zero-order valence-corrected chi connectivity index (χ0v) is 16.4. The van der Waals surface area contributed by atoms with E-state index in [2.05, 4.69) is 25.5 Å². The summed E-state index contributed by atoms with van der Waals surface area (Å²) in [5.74, 6) is 1.46. The summed E-state index contributed by atoms with van der Waals surface area (Å²) in [4.78, 5) is 15.9. The van der Waals surface area contributed by atoms with Gasteiger partial charge in [-0.2, -0.15) is 0 Å². The van der Waals surface area contributed by atoms with Crippen LogP contribution >= 0.6 is 0 Å². The van der Waals surface area contributed by atoms with Gasteiger partial charge in [-0.05, 0) is 49.1 Å². The number of rotatable bonds is 10. The molecule has 0 unspecified atom stereocenters. The number of aromatic nitrogens is 1. The Labute approximate surface area is 166 Å². The highest BCUT2D eigenvalue weighted by Crippen LogP contribution is 2.18. The number of aliphatic imine (C=N–C) groups is 1. The Morgan fingerprint density at radius 2 is 1.86 bits per heavy atom.